The van der Waals surface area contributed by atoms with Crippen molar-refractivity contribution >= 4 is 33.0 Å². The van der Waals surface area contributed by atoms with Crippen LogP contribution in [0.25, 0.3) is 38.6 Å². The number of nitrogens with zero attached hydrogens (tertiary/aromatic N) is 1. The fraction of sp³-hybridized carbons (Fsp3) is 0.125. The van der Waals surface area contributed by atoms with E-state index in [9.17, 15) is 0 Å². The molecule has 0 fully saturated rings. The average Bonchev–Trinajstić information content (AvgIpc) is 3.16. The number of benzene rings is 3. The second-order valence-electron chi connectivity index (χ2n) is 8.28. The van der Waals surface area contributed by atoms with Gasteiger partial charge in [0.05, 0.1) is 11.0 Å². The van der Waals surface area contributed by atoms with Crippen molar-refractivity contribution in [2.45, 2.75) is 27.2 Å². The van der Waals surface area contributed by atoms with Crippen molar-refractivity contribution in [1.29, 1.82) is 0 Å². The van der Waals surface area contributed by atoms with Gasteiger partial charge in [0.25, 0.3) is 0 Å². The summed E-state index contributed by atoms with van der Waals surface area (Å²) < 4.78 is 2.39. The smallest absolute Gasteiger partial charge is 0.0622 e. The zero-order chi connectivity index (χ0) is 23.5. The maximum Gasteiger partial charge on any atom is 0.0622 e. The molecule has 1 aromatic heterocycles. The van der Waals surface area contributed by atoms with Crippen LogP contribution in [0.15, 0.2) is 105 Å². The molecule has 1 nitrogen and oxygen atoms in total. The van der Waals surface area contributed by atoms with E-state index in [0.717, 1.165) is 28.8 Å². The highest BCUT2D eigenvalue weighted by atomic mass is 15.0. The first-order valence-electron chi connectivity index (χ1n) is 11.5. The SMILES string of the molecule is C=C/C=C(\C=C)c1cccc(-n2c3ccccc3c3cc(CC)c(C)c(C(=C)/C=C\C)c32)c1. The van der Waals surface area contributed by atoms with Crippen LogP contribution in [-0.4, -0.2) is 4.57 Å². The number of hydrogen-bond donors (Lipinski definition) is 0. The first-order chi connectivity index (χ1) is 16.0. The summed E-state index contributed by atoms with van der Waals surface area (Å²) in [6.07, 6.45) is 10.8. The second-order valence-corrected chi connectivity index (χ2v) is 8.28. The molecule has 0 aliphatic carbocycles. The van der Waals surface area contributed by atoms with Crippen LogP contribution in [0.1, 0.15) is 36.1 Å². The van der Waals surface area contributed by atoms with E-state index in [0.29, 0.717) is 0 Å². The molecule has 0 spiro atoms. The summed E-state index contributed by atoms with van der Waals surface area (Å²) in [6.45, 7) is 18.8. The largest absolute Gasteiger partial charge is 0.309 e. The van der Waals surface area contributed by atoms with E-state index in [1.165, 1.54) is 38.5 Å². The highest BCUT2D eigenvalue weighted by Crippen LogP contribution is 2.39. The van der Waals surface area contributed by atoms with Gasteiger partial charge in [-0.05, 0) is 72.4 Å². The molecule has 164 valence electrons. The lowest BCUT2D eigenvalue weighted by Crippen LogP contribution is -2.01. The third kappa shape index (κ3) is 3.81. The molecule has 0 unspecified atom stereocenters. The van der Waals surface area contributed by atoms with Gasteiger partial charge in [-0.25, -0.2) is 0 Å². The molecule has 0 amide bonds. The Bertz CT molecular complexity index is 1450. The molecule has 1 heteroatoms. The lowest BCUT2D eigenvalue weighted by atomic mass is 9.92. The van der Waals surface area contributed by atoms with E-state index in [4.69, 9.17) is 0 Å². The molecule has 3 aromatic carbocycles. The summed E-state index contributed by atoms with van der Waals surface area (Å²) in [7, 11) is 0. The minimum Gasteiger partial charge on any atom is -0.309 e. The first kappa shape index (κ1) is 22.4. The number of aryl methyl sites for hydroxylation is 1. The van der Waals surface area contributed by atoms with Gasteiger partial charge in [0, 0.05) is 22.0 Å². The Kier molecular flexibility index (Phi) is 6.33. The minimum atomic E-state index is 0.988. The molecular weight excluding hydrogens is 398 g/mol. The molecule has 0 saturated carbocycles. The van der Waals surface area contributed by atoms with Crippen molar-refractivity contribution in [2.75, 3.05) is 0 Å². The Balaban J connectivity index is 2.18. The Hall–Kier alpha value is -3.84. The normalized spacial score (nSPS) is 12.0. The average molecular weight is 430 g/mol. The summed E-state index contributed by atoms with van der Waals surface area (Å²) in [4.78, 5) is 0. The summed E-state index contributed by atoms with van der Waals surface area (Å²) in [6, 6.07) is 19.7. The number of allylic oxidation sites excluding steroid dienone is 7. The van der Waals surface area contributed by atoms with Gasteiger partial charge in [0.15, 0.2) is 0 Å². The highest BCUT2D eigenvalue weighted by Gasteiger charge is 2.20. The van der Waals surface area contributed by atoms with E-state index in [1.807, 2.05) is 19.1 Å². The molecule has 0 aliphatic rings. The van der Waals surface area contributed by atoms with Gasteiger partial charge in [0.2, 0.25) is 0 Å². The predicted octanol–water partition coefficient (Wildman–Crippen LogP) is 9.00. The summed E-state index contributed by atoms with van der Waals surface area (Å²) in [5.74, 6) is 0. The van der Waals surface area contributed by atoms with Crippen LogP contribution in [0.5, 0.6) is 0 Å². The maximum absolute atomic E-state index is 4.46. The topological polar surface area (TPSA) is 4.93 Å². The number of hydrogen-bond acceptors (Lipinski definition) is 0. The molecule has 33 heavy (non-hydrogen) atoms. The van der Waals surface area contributed by atoms with Crippen LogP contribution < -0.4 is 0 Å². The summed E-state index contributed by atoms with van der Waals surface area (Å²) in [5.41, 5.74) is 10.6. The van der Waals surface area contributed by atoms with Gasteiger partial charge >= 0.3 is 0 Å². The zero-order valence-corrected chi connectivity index (χ0v) is 19.9. The van der Waals surface area contributed by atoms with Crippen LogP contribution in [0.4, 0.5) is 0 Å². The van der Waals surface area contributed by atoms with Crippen molar-refractivity contribution in [3.05, 3.63) is 127 Å². The van der Waals surface area contributed by atoms with Crippen molar-refractivity contribution < 1.29 is 0 Å². The molecule has 0 N–H and O–H groups in total. The van der Waals surface area contributed by atoms with Crippen molar-refractivity contribution in [3.63, 3.8) is 0 Å². The minimum absolute atomic E-state index is 0.988. The van der Waals surface area contributed by atoms with E-state index in [1.54, 1.807) is 6.08 Å². The Morgan fingerprint density at radius 1 is 1.00 bits per heavy atom. The number of rotatable bonds is 7. The van der Waals surface area contributed by atoms with Crippen LogP contribution in [0.3, 0.4) is 0 Å². The first-order valence-corrected chi connectivity index (χ1v) is 11.5. The molecule has 1 heterocycles. The molecule has 0 saturated heterocycles. The van der Waals surface area contributed by atoms with Crippen LogP contribution in [0.2, 0.25) is 0 Å². The van der Waals surface area contributed by atoms with Crippen molar-refractivity contribution in [1.82, 2.24) is 4.57 Å². The molecule has 0 aliphatic heterocycles. The third-order valence-corrected chi connectivity index (χ3v) is 6.35. The van der Waals surface area contributed by atoms with Crippen molar-refractivity contribution in [2.24, 2.45) is 0 Å². The van der Waals surface area contributed by atoms with Gasteiger partial charge in [-0.15, -0.1) is 0 Å². The van der Waals surface area contributed by atoms with E-state index >= 15 is 0 Å². The van der Waals surface area contributed by atoms with Gasteiger partial charge in [0.1, 0.15) is 0 Å². The second kappa shape index (κ2) is 9.34. The lowest BCUT2D eigenvalue weighted by molar-refractivity contribution is 1.10. The number of aromatic nitrogens is 1. The molecule has 0 atom stereocenters. The highest BCUT2D eigenvalue weighted by molar-refractivity contribution is 6.13. The van der Waals surface area contributed by atoms with Gasteiger partial charge in [-0.2, -0.15) is 0 Å². The van der Waals surface area contributed by atoms with E-state index < -0.39 is 0 Å². The van der Waals surface area contributed by atoms with E-state index in [2.05, 4.69) is 105 Å². The Morgan fingerprint density at radius 2 is 1.79 bits per heavy atom. The van der Waals surface area contributed by atoms with Crippen LogP contribution >= 0.6 is 0 Å². The van der Waals surface area contributed by atoms with E-state index in [-0.39, 0.29) is 0 Å². The summed E-state index contributed by atoms with van der Waals surface area (Å²) in [5, 5.41) is 2.53. The Morgan fingerprint density at radius 3 is 2.48 bits per heavy atom. The van der Waals surface area contributed by atoms with Crippen LogP contribution in [0, 0.1) is 6.92 Å². The fourth-order valence-corrected chi connectivity index (χ4v) is 4.82. The fourth-order valence-electron chi connectivity index (χ4n) is 4.82. The van der Waals surface area contributed by atoms with Crippen molar-refractivity contribution in [3.8, 4) is 5.69 Å². The lowest BCUT2D eigenvalue weighted by Gasteiger charge is -2.17. The molecule has 0 radical (unpaired) electrons. The van der Waals surface area contributed by atoms with Gasteiger partial charge in [-0.1, -0.05) is 87.4 Å². The number of fused-ring (bicyclic) bond motifs is 3. The molecule has 4 rings (SSSR count). The Labute approximate surface area is 197 Å². The zero-order valence-electron chi connectivity index (χ0n) is 19.9. The monoisotopic (exact) mass is 429 g/mol. The molecule has 4 aromatic rings. The predicted molar refractivity (Wildman–Crippen MR) is 147 cm³/mol. The van der Waals surface area contributed by atoms with Gasteiger partial charge in [-0.3, -0.25) is 0 Å². The molecule has 0 bridgehead atoms. The standard InChI is InChI=1S/C32H31N/c1-7-14-22(5)31-23(6)25(10-4)21-29-28-18-11-12-19-30(28)33(32(29)31)27-17-13-16-26(20-27)24(9-3)15-8-2/h7-9,11-21H,2-3,5,10H2,1,4,6H3/b14-7-,24-15+. The third-order valence-electron chi connectivity index (χ3n) is 6.35. The van der Waals surface area contributed by atoms with Crippen LogP contribution in [-0.2, 0) is 6.42 Å². The van der Waals surface area contributed by atoms with Gasteiger partial charge < -0.3 is 4.57 Å². The maximum atomic E-state index is 4.46. The number of para-hydroxylation sites is 1. The molecular formula is C32H31N. The quantitative estimate of drug-likeness (QED) is 0.258. The summed E-state index contributed by atoms with van der Waals surface area (Å²) >= 11 is 0.